The number of hydrogen-bond donors (Lipinski definition) is 0. The molecule has 47 heavy (non-hydrogen) atoms. The van der Waals surface area contributed by atoms with Crippen LogP contribution in [0.15, 0.2) is 174 Å². The predicted molar refractivity (Wildman–Crippen MR) is 200 cm³/mol. The Balaban J connectivity index is 1.26. The fourth-order valence-electron chi connectivity index (χ4n) is 7.82. The minimum atomic E-state index is 0.920. The summed E-state index contributed by atoms with van der Waals surface area (Å²) in [7, 11) is 0. The average molecular weight is 597 g/mol. The summed E-state index contributed by atoms with van der Waals surface area (Å²) in [5, 5.41) is 12.3. The van der Waals surface area contributed by atoms with Crippen LogP contribution in [-0.2, 0) is 0 Å². The topological polar surface area (TPSA) is 13.1 Å². The van der Waals surface area contributed by atoms with Crippen LogP contribution in [0.3, 0.4) is 0 Å². The highest BCUT2D eigenvalue weighted by Crippen LogP contribution is 2.47. The zero-order valence-corrected chi connectivity index (χ0v) is 25.6. The maximum atomic E-state index is 6.34. The molecule has 1 nitrogen and oxygen atoms in total. The van der Waals surface area contributed by atoms with Gasteiger partial charge in [0.05, 0.1) is 0 Å². The molecule has 1 aromatic heterocycles. The summed E-state index contributed by atoms with van der Waals surface area (Å²) in [4.78, 5) is 0. The van der Waals surface area contributed by atoms with E-state index in [-0.39, 0.29) is 0 Å². The van der Waals surface area contributed by atoms with Crippen LogP contribution in [0.5, 0.6) is 0 Å². The zero-order chi connectivity index (χ0) is 30.9. The van der Waals surface area contributed by atoms with Crippen molar-refractivity contribution in [3.63, 3.8) is 0 Å². The number of para-hydroxylation sites is 1. The Hall–Kier alpha value is -6.18. The van der Waals surface area contributed by atoms with Crippen molar-refractivity contribution in [1.82, 2.24) is 0 Å². The first kappa shape index (κ1) is 26.1. The van der Waals surface area contributed by atoms with E-state index in [2.05, 4.69) is 158 Å². The van der Waals surface area contributed by atoms with E-state index in [0.717, 1.165) is 21.9 Å². The number of furan rings is 1. The van der Waals surface area contributed by atoms with E-state index < -0.39 is 0 Å². The van der Waals surface area contributed by atoms with Gasteiger partial charge in [0.2, 0.25) is 0 Å². The Morgan fingerprint density at radius 1 is 0.277 bits per heavy atom. The zero-order valence-electron chi connectivity index (χ0n) is 25.6. The highest BCUT2D eigenvalue weighted by molar-refractivity contribution is 6.24. The van der Waals surface area contributed by atoms with Crippen LogP contribution in [-0.4, -0.2) is 0 Å². The van der Waals surface area contributed by atoms with Crippen LogP contribution >= 0.6 is 0 Å². The van der Waals surface area contributed by atoms with Crippen LogP contribution in [0.1, 0.15) is 0 Å². The Labute approximate surface area is 271 Å². The summed E-state index contributed by atoms with van der Waals surface area (Å²) in [6.45, 7) is 0. The average Bonchev–Trinajstić information content (AvgIpc) is 3.50. The summed E-state index contributed by atoms with van der Waals surface area (Å²) in [6, 6.07) is 61.6. The maximum Gasteiger partial charge on any atom is 0.136 e. The molecule has 0 saturated heterocycles. The van der Waals surface area contributed by atoms with Crippen LogP contribution < -0.4 is 0 Å². The molecule has 1 heterocycles. The van der Waals surface area contributed by atoms with Gasteiger partial charge in [-0.05, 0) is 94.7 Å². The van der Waals surface area contributed by atoms with Gasteiger partial charge < -0.3 is 4.42 Å². The highest BCUT2D eigenvalue weighted by Gasteiger charge is 2.19. The van der Waals surface area contributed by atoms with E-state index in [9.17, 15) is 0 Å². The van der Waals surface area contributed by atoms with Gasteiger partial charge in [0.15, 0.2) is 0 Å². The molecule has 1 heteroatoms. The lowest BCUT2D eigenvalue weighted by Gasteiger charge is -2.20. The first-order valence-electron chi connectivity index (χ1n) is 16.2. The van der Waals surface area contributed by atoms with Gasteiger partial charge in [-0.15, -0.1) is 0 Å². The molecule has 0 aliphatic rings. The molecule has 0 amide bonds. The quantitative estimate of drug-likeness (QED) is 0.185. The van der Waals surface area contributed by atoms with Gasteiger partial charge in [-0.3, -0.25) is 0 Å². The van der Waals surface area contributed by atoms with Crippen LogP contribution in [0.2, 0.25) is 0 Å². The molecular formula is C46H28O. The first-order chi connectivity index (χ1) is 23.3. The summed E-state index contributed by atoms with van der Waals surface area (Å²) in [5.41, 5.74) is 9.32. The second-order valence-corrected chi connectivity index (χ2v) is 12.4. The first-order valence-corrected chi connectivity index (χ1v) is 16.2. The van der Waals surface area contributed by atoms with Crippen molar-refractivity contribution in [2.75, 3.05) is 0 Å². The molecule has 0 N–H and O–H groups in total. The lowest BCUT2D eigenvalue weighted by atomic mass is 9.83. The summed E-state index contributed by atoms with van der Waals surface area (Å²) in [5.74, 6) is 0. The summed E-state index contributed by atoms with van der Waals surface area (Å²) in [6.07, 6.45) is 0. The molecule has 0 saturated carbocycles. The van der Waals surface area contributed by atoms with Gasteiger partial charge in [0, 0.05) is 10.8 Å². The standard InChI is InChI=1S/C46H28O/c1-2-13-29(14-3-1)45-36-19-6-8-21-38(36)46(39-22-9-7-20-37(39)45)40-26-25-34(31-16-4-5-17-32(31)40)33-23-12-15-30-27-42-35-18-10-11-24-43(35)47-44(42)28-41(30)33/h1-28H. The van der Waals surface area contributed by atoms with Crippen molar-refractivity contribution in [3.05, 3.63) is 170 Å². The number of hydrogen-bond acceptors (Lipinski definition) is 1. The van der Waals surface area contributed by atoms with Gasteiger partial charge in [-0.25, -0.2) is 0 Å². The summed E-state index contributed by atoms with van der Waals surface area (Å²) < 4.78 is 6.34. The van der Waals surface area contributed by atoms with E-state index in [1.807, 2.05) is 12.1 Å². The molecule has 9 aromatic carbocycles. The minimum Gasteiger partial charge on any atom is -0.456 e. The van der Waals surface area contributed by atoms with Crippen molar-refractivity contribution < 1.29 is 4.42 Å². The van der Waals surface area contributed by atoms with Crippen molar-refractivity contribution in [3.8, 4) is 33.4 Å². The maximum absolute atomic E-state index is 6.34. The molecule has 218 valence electrons. The Kier molecular flexibility index (Phi) is 5.64. The fourth-order valence-corrected chi connectivity index (χ4v) is 7.82. The van der Waals surface area contributed by atoms with Crippen LogP contribution in [0.4, 0.5) is 0 Å². The Morgan fingerprint density at radius 2 is 0.809 bits per heavy atom. The van der Waals surface area contributed by atoms with Gasteiger partial charge in [-0.1, -0.05) is 152 Å². The fraction of sp³-hybridized carbons (Fsp3) is 0. The number of rotatable bonds is 3. The van der Waals surface area contributed by atoms with E-state index in [1.165, 1.54) is 76.5 Å². The molecule has 0 spiro atoms. The molecule has 0 bridgehead atoms. The smallest absolute Gasteiger partial charge is 0.136 e. The molecule has 10 rings (SSSR count). The molecular weight excluding hydrogens is 569 g/mol. The van der Waals surface area contributed by atoms with E-state index in [1.54, 1.807) is 0 Å². The molecule has 0 aliphatic heterocycles. The second-order valence-electron chi connectivity index (χ2n) is 12.4. The normalized spacial score (nSPS) is 11.8. The highest BCUT2D eigenvalue weighted by atomic mass is 16.3. The number of fused-ring (bicyclic) bond motifs is 7. The van der Waals surface area contributed by atoms with E-state index in [0.29, 0.717) is 0 Å². The van der Waals surface area contributed by atoms with Crippen LogP contribution in [0.25, 0.3) is 98.4 Å². The second kappa shape index (κ2) is 10.2. The molecule has 0 unspecified atom stereocenters. The lowest BCUT2D eigenvalue weighted by Crippen LogP contribution is -1.92. The van der Waals surface area contributed by atoms with Crippen molar-refractivity contribution in [2.45, 2.75) is 0 Å². The van der Waals surface area contributed by atoms with E-state index in [4.69, 9.17) is 4.42 Å². The predicted octanol–water partition coefficient (Wildman–Crippen LogP) is 13.2. The van der Waals surface area contributed by atoms with Gasteiger partial charge in [0.1, 0.15) is 11.2 Å². The minimum absolute atomic E-state index is 0.920. The van der Waals surface area contributed by atoms with E-state index >= 15 is 0 Å². The van der Waals surface area contributed by atoms with Gasteiger partial charge >= 0.3 is 0 Å². The summed E-state index contributed by atoms with van der Waals surface area (Å²) >= 11 is 0. The SMILES string of the molecule is c1ccc(-c2c3ccccc3c(-c3ccc(-c4cccc5cc6c(cc45)oc4ccccc46)c4ccccc34)c3ccccc23)cc1. The third kappa shape index (κ3) is 3.90. The van der Waals surface area contributed by atoms with Gasteiger partial charge in [-0.2, -0.15) is 0 Å². The van der Waals surface area contributed by atoms with Crippen LogP contribution in [0, 0.1) is 0 Å². The third-order valence-electron chi connectivity index (χ3n) is 9.86. The molecule has 10 aromatic rings. The van der Waals surface area contributed by atoms with Crippen molar-refractivity contribution >= 4 is 65.0 Å². The molecule has 0 fully saturated rings. The third-order valence-corrected chi connectivity index (χ3v) is 9.86. The largest absolute Gasteiger partial charge is 0.456 e. The van der Waals surface area contributed by atoms with Crippen molar-refractivity contribution in [1.29, 1.82) is 0 Å². The van der Waals surface area contributed by atoms with Gasteiger partial charge in [0.25, 0.3) is 0 Å². The molecule has 0 radical (unpaired) electrons. The molecule has 0 aliphatic carbocycles. The lowest BCUT2D eigenvalue weighted by molar-refractivity contribution is 0.669. The van der Waals surface area contributed by atoms with Crippen molar-refractivity contribution in [2.24, 2.45) is 0 Å². The monoisotopic (exact) mass is 596 g/mol. The molecule has 0 atom stereocenters. The Bertz CT molecular complexity index is 2780. The number of benzene rings is 9. The Morgan fingerprint density at radius 3 is 1.51 bits per heavy atom.